The van der Waals surface area contributed by atoms with Crippen LogP contribution in [-0.4, -0.2) is 19.6 Å². The van der Waals surface area contributed by atoms with Crippen LogP contribution in [0, 0.1) is 6.92 Å². The molecule has 2 N–H and O–H groups in total. The summed E-state index contributed by atoms with van der Waals surface area (Å²) >= 11 is 0. The largest absolute Gasteiger partial charge is 0.506 e. The molecule has 6 nitrogen and oxygen atoms in total. The summed E-state index contributed by atoms with van der Waals surface area (Å²) in [6, 6.07) is 0. The van der Waals surface area contributed by atoms with Crippen molar-refractivity contribution in [2.75, 3.05) is 0 Å². The van der Waals surface area contributed by atoms with Gasteiger partial charge in [-0.1, -0.05) is 0 Å². The Morgan fingerprint density at radius 3 is 2.80 bits per heavy atom. The average Bonchev–Trinajstić information content (AvgIpc) is 2.23. The van der Waals surface area contributed by atoms with Crippen molar-refractivity contribution in [3.05, 3.63) is 32.6 Å². The summed E-state index contributed by atoms with van der Waals surface area (Å²) in [4.78, 5) is 29.2. The van der Waals surface area contributed by atoms with Crippen LogP contribution in [0.25, 0.3) is 11.0 Å². The van der Waals surface area contributed by atoms with E-state index in [9.17, 15) is 14.7 Å². The normalized spacial score (nSPS) is 10.8. The maximum atomic E-state index is 11.6. The molecule has 2 heterocycles. The molecule has 0 aliphatic heterocycles. The summed E-state index contributed by atoms with van der Waals surface area (Å²) in [7, 11) is 1.50. The summed E-state index contributed by atoms with van der Waals surface area (Å²) < 4.78 is 1.24. The van der Waals surface area contributed by atoms with Crippen molar-refractivity contribution in [1.82, 2.24) is 14.5 Å². The molecule has 0 spiro atoms. The predicted molar refractivity (Wildman–Crippen MR) is 54.0 cm³/mol. The molecular weight excluding hydrogens is 198 g/mol. The van der Waals surface area contributed by atoms with E-state index in [-0.39, 0.29) is 27.9 Å². The highest BCUT2D eigenvalue weighted by molar-refractivity contribution is 5.81. The third-order valence-electron chi connectivity index (χ3n) is 2.37. The summed E-state index contributed by atoms with van der Waals surface area (Å²) in [5, 5.41) is 9.71. The topological polar surface area (TPSA) is 88.0 Å². The van der Waals surface area contributed by atoms with Crippen molar-refractivity contribution in [3.8, 4) is 5.75 Å². The van der Waals surface area contributed by atoms with Gasteiger partial charge in [-0.05, 0) is 6.92 Å². The standard InChI is InChI=1S/C9H9N3O3/c1-4-6(13)5-7(12(2)9(4)15)10-3-11-8(5)14/h3,13H,1-2H3,(H,10,11,14). The number of H-pyrrole nitrogens is 1. The van der Waals surface area contributed by atoms with E-state index in [1.807, 2.05) is 0 Å². The molecule has 6 heteroatoms. The Morgan fingerprint density at radius 2 is 2.13 bits per heavy atom. The van der Waals surface area contributed by atoms with Crippen molar-refractivity contribution in [2.45, 2.75) is 6.92 Å². The Hall–Kier alpha value is -2.11. The van der Waals surface area contributed by atoms with E-state index in [1.165, 1.54) is 24.9 Å². The second-order valence-corrected chi connectivity index (χ2v) is 3.27. The molecule has 2 aromatic heterocycles. The molecule has 0 saturated carbocycles. The zero-order valence-corrected chi connectivity index (χ0v) is 8.24. The molecule has 2 aromatic rings. The fraction of sp³-hybridized carbons (Fsp3) is 0.222. The van der Waals surface area contributed by atoms with Crippen LogP contribution in [-0.2, 0) is 7.05 Å². The highest BCUT2D eigenvalue weighted by atomic mass is 16.3. The van der Waals surface area contributed by atoms with Crippen LogP contribution in [0.2, 0.25) is 0 Å². The first-order chi connectivity index (χ1) is 7.04. The molecule has 0 fully saturated rings. The van der Waals surface area contributed by atoms with E-state index in [0.29, 0.717) is 0 Å². The monoisotopic (exact) mass is 207 g/mol. The van der Waals surface area contributed by atoms with Gasteiger partial charge in [-0.15, -0.1) is 0 Å². The third kappa shape index (κ3) is 1.14. The van der Waals surface area contributed by atoms with Gasteiger partial charge < -0.3 is 10.1 Å². The van der Waals surface area contributed by atoms with E-state index in [0.717, 1.165) is 0 Å². The number of aryl methyl sites for hydroxylation is 1. The number of hydrogen-bond acceptors (Lipinski definition) is 4. The van der Waals surface area contributed by atoms with Gasteiger partial charge in [0.25, 0.3) is 11.1 Å². The number of aromatic amines is 1. The van der Waals surface area contributed by atoms with Gasteiger partial charge in [-0.25, -0.2) is 4.98 Å². The quantitative estimate of drug-likeness (QED) is 0.617. The Balaban J connectivity index is 3.23. The average molecular weight is 207 g/mol. The minimum absolute atomic E-state index is 0.0390. The predicted octanol–water partition coefficient (Wildman–Crippen LogP) is -0.364. The summed E-state index contributed by atoms with van der Waals surface area (Å²) in [5.74, 6) is -0.303. The van der Waals surface area contributed by atoms with Gasteiger partial charge >= 0.3 is 0 Å². The number of aromatic hydroxyl groups is 1. The first-order valence-corrected chi connectivity index (χ1v) is 4.30. The van der Waals surface area contributed by atoms with Gasteiger partial charge in [0.1, 0.15) is 11.1 Å². The lowest BCUT2D eigenvalue weighted by molar-refractivity contribution is 0.474. The smallest absolute Gasteiger partial charge is 0.263 e. The van der Waals surface area contributed by atoms with Gasteiger partial charge in [-0.3, -0.25) is 14.2 Å². The molecule has 0 amide bonds. The van der Waals surface area contributed by atoms with Crippen molar-refractivity contribution < 1.29 is 5.11 Å². The highest BCUT2D eigenvalue weighted by Gasteiger charge is 2.14. The third-order valence-corrected chi connectivity index (χ3v) is 2.37. The number of fused-ring (bicyclic) bond motifs is 1. The fourth-order valence-electron chi connectivity index (χ4n) is 1.49. The van der Waals surface area contributed by atoms with Crippen LogP contribution in [0.3, 0.4) is 0 Å². The molecule has 15 heavy (non-hydrogen) atoms. The minimum atomic E-state index is -0.462. The van der Waals surface area contributed by atoms with Crippen molar-refractivity contribution >= 4 is 11.0 Å². The van der Waals surface area contributed by atoms with Crippen LogP contribution in [0.1, 0.15) is 5.56 Å². The minimum Gasteiger partial charge on any atom is -0.506 e. The number of rotatable bonds is 0. The molecular formula is C9H9N3O3. The molecule has 0 saturated heterocycles. The van der Waals surface area contributed by atoms with Crippen LogP contribution in [0.5, 0.6) is 5.75 Å². The molecule has 0 aromatic carbocycles. The molecule has 0 bridgehead atoms. The summed E-state index contributed by atoms with van der Waals surface area (Å²) in [6.45, 7) is 1.46. The van der Waals surface area contributed by atoms with Crippen molar-refractivity contribution in [1.29, 1.82) is 0 Å². The number of aromatic nitrogens is 3. The van der Waals surface area contributed by atoms with Crippen molar-refractivity contribution in [3.63, 3.8) is 0 Å². The van der Waals surface area contributed by atoms with E-state index in [4.69, 9.17) is 0 Å². The Labute approximate surface area is 83.8 Å². The first-order valence-electron chi connectivity index (χ1n) is 4.30. The lowest BCUT2D eigenvalue weighted by Gasteiger charge is -2.06. The van der Waals surface area contributed by atoms with Crippen LogP contribution in [0.15, 0.2) is 15.9 Å². The van der Waals surface area contributed by atoms with Gasteiger partial charge in [0.2, 0.25) is 0 Å². The maximum Gasteiger partial charge on any atom is 0.263 e. The molecule has 0 atom stereocenters. The number of nitrogens with zero attached hydrogens (tertiary/aromatic N) is 2. The molecule has 0 unspecified atom stereocenters. The van der Waals surface area contributed by atoms with Crippen LogP contribution >= 0.6 is 0 Å². The van der Waals surface area contributed by atoms with Crippen LogP contribution < -0.4 is 11.1 Å². The maximum absolute atomic E-state index is 11.6. The van der Waals surface area contributed by atoms with Gasteiger partial charge in [0.05, 0.1) is 11.9 Å². The fourth-order valence-corrected chi connectivity index (χ4v) is 1.49. The van der Waals surface area contributed by atoms with Crippen LogP contribution in [0.4, 0.5) is 0 Å². The molecule has 0 aliphatic carbocycles. The van der Waals surface area contributed by atoms with Gasteiger partial charge in [0.15, 0.2) is 5.65 Å². The first kappa shape index (κ1) is 9.45. The van der Waals surface area contributed by atoms with E-state index in [2.05, 4.69) is 9.97 Å². The van der Waals surface area contributed by atoms with E-state index < -0.39 is 5.56 Å². The Morgan fingerprint density at radius 1 is 1.47 bits per heavy atom. The Kier molecular flexibility index (Phi) is 1.85. The zero-order valence-electron chi connectivity index (χ0n) is 8.24. The molecule has 78 valence electrons. The zero-order chi connectivity index (χ0) is 11.2. The van der Waals surface area contributed by atoms with E-state index in [1.54, 1.807) is 0 Å². The summed E-state index contributed by atoms with van der Waals surface area (Å²) in [6.07, 6.45) is 1.19. The number of pyridine rings is 1. The van der Waals surface area contributed by atoms with Crippen molar-refractivity contribution in [2.24, 2.45) is 7.05 Å². The molecule has 0 aliphatic rings. The van der Waals surface area contributed by atoms with E-state index >= 15 is 0 Å². The Bertz CT molecular complexity index is 654. The second kappa shape index (κ2) is 2.94. The molecule has 2 rings (SSSR count). The van der Waals surface area contributed by atoms with Gasteiger partial charge in [0, 0.05) is 7.05 Å². The summed E-state index contributed by atoms with van der Waals surface area (Å²) in [5.41, 5.74) is -0.510. The second-order valence-electron chi connectivity index (χ2n) is 3.27. The molecule has 0 radical (unpaired) electrons. The van der Waals surface area contributed by atoms with Gasteiger partial charge in [-0.2, -0.15) is 0 Å². The lowest BCUT2D eigenvalue weighted by atomic mass is 10.2. The lowest BCUT2D eigenvalue weighted by Crippen LogP contribution is -2.23. The highest BCUT2D eigenvalue weighted by Crippen LogP contribution is 2.19. The number of nitrogens with one attached hydrogen (secondary N) is 1. The number of hydrogen-bond donors (Lipinski definition) is 2. The SMILES string of the molecule is Cc1c(O)c2c(=O)[nH]cnc2n(C)c1=O.